The Kier molecular flexibility index (Phi) is 8.35. The number of carbonyl (C=O) groups excluding carboxylic acids is 4. The number of carboxylic acid groups (broad SMARTS) is 1. The highest BCUT2D eigenvalue weighted by Crippen LogP contribution is 2.18. The molecule has 0 aliphatic carbocycles. The molecule has 11 heteroatoms. The van der Waals surface area contributed by atoms with Crippen LogP contribution in [0, 0.1) is 5.92 Å². The lowest BCUT2D eigenvalue weighted by Crippen LogP contribution is -2.57. The second-order valence-electron chi connectivity index (χ2n) is 7.26. The lowest BCUT2D eigenvalue weighted by Gasteiger charge is -2.27. The number of rotatable bonds is 9. The van der Waals surface area contributed by atoms with Crippen molar-refractivity contribution in [1.29, 1.82) is 0 Å². The Labute approximate surface area is 163 Å². The van der Waals surface area contributed by atoms with E-state index in [4.69, 9.17) is 11.5 Å². The van der Waals surface area contributed by atoms with E-state index in [-0.39, 0.29) is 12.5 Å². The van der Waals surface area contributed by atoms with Gasteiger partial charge in [-0.05, 0) is 25.7 Å². The minimum absolute atomic E-state index is 0.194. The van der Waals surface area contributed by atoms with Crippen LogP contribution in [-0.2, 0) is 24.0 Å². The summed E-state index contributed by atoms with van der Waals surface area (Å²) in [5, 5.41) is 14.0. The van der Waals surface area contributed by atoms with Crippen molar-refractivity contribution in [3.05, 3.63) is 0 Å². The summed E-state index contributed by atoms with van der Waals surface area (Å²) in [6, 6.07) is -4.16. The Morgan fingerprint density at radius 2 is 1.71 bits per heavy atom. The topological polar surface area (TPSA) is 185 Å². The van der Waals surface area contributed by atoms with Gasteiger partial charge in [0, 0.05) is 6.54 Å². The second kappa shape index (κ2) is 10.0. The summed E-state index contributed by atoms with van der Waals surface area (Å²) in [6.45, 7) is 5.13. The highest BCUT2D eigenvalue weighted by Gasteiger charge is 2.37. The van der Waals surface area contributed by atoms with E-state index in [9.17, 15) is 29.1 Å². The van der Waals surface area contributed by atoms with Crippen LogP contribution in [0.1, 0.15) is 40.0 Å². The van der Waals surface area contributed by atoms with Crippen LogP contribution >= 0.6 is 0 Å². The Bertz CT molecular complexity index is 638. The molecule has 158 valence electrons. The van der Waals surface area contributed by atoms with E-state index in [1.807, 2.05) is 0 Å². The van der Waals surface area contributed by atoms with E-state index >= 15 is 0 Å². The quantitative estimate of drug-likeness (QED) is 0.294. The highest BCUT2D eigenvalue weighted by atomic mass is 16.4. The molecular formula is C17H29N5O6. The molecule has 1 rings (SSSR count). The number of primary amides is 1. The number of aliphatic carboxylic acids is 1. The fourth-order valence-corrected chi connectivity index (χ4v) is 2.89. The first kappa shape index (κ1) is 23.3. The number of carboxylic acids is 1. The smallest absolute Gasteiger partial charge is 0.326 e. The molecular weight excluding hydrogens is 370 g/mol. The molecule has 28 heavy (non-hydrogen) atoms. The number of nitrogens with one attached hydrogen (secondary N) is 2. The maximum absolute atomic E-state index is 12.5. The van der Waals surface area contributed by atoms with E-state index in [0.29, 0.717) is 12.8 Å². The molecule has 1 saturated heterocycles. The van der Waals surface area contributed by atoms with Gasteiger partial charge in [-0.1, -0.05) is 13.8 Å². The van der Waals surface area contributed by atoms with Crippen LogP contribution in [0.2, 0.25) is 0 Å². The van der Waals surface area contributed by atoms with Crippen molar-refractivity contribution in [2.24, 2.45) is 17.4 Å². The molecule has 0 spiro atoms. The minimum Gasteiger partial charge on any atom is -0.480 e. The Morgan fingerprint density at radius 1 is 1.11 bits per heavy atom. The van der Waals surface area contributed by atoms with Crippen molar-refractivity contribution in [3.63, 3.8) is 0 Å². The van der Waals surface area contributed by atoms with E-state index < -0.39 is 60.2 Å². The van der Waals surface area contributed by atoms with Crippen molar-refractivity contribution >= 4 is 29.6 Å². The molecule has 4 atom stereocenters. The average Bonchev–Trinajstić information content (AvgIpc) is 3.08. The number of nitrogens with zero attached hydrogens (tertiary/aromatic N) is 1. The zero-order valence-corrected chi connectivity index (χ0v) is 16.3. The Hall–Kier alpha value is -2.69. The van der Waals surface area contributed by atoms with E-state index in [2.05, 4.69) is 10.6 Å². The summed E-state index contributed by atoms with van der Waals surface area (Å²) >= 11 is 0. The van der Waals surface area contributed by atoms with Gasteiger partial charge in [-0.25, -0.2) is 4.79 Å². The van der Waals surface area contributed by atoms with Crippen LogP contribution in [0.4, 0.5) is 0 Å². The zero-order chi connectivity index (χ0) is 21.6. The van der Waals surface area contributed by atoms with Gasteiger partial charge in [0.25, 0.3) is 0 Å². The molecule has 1 fully saturated rings. The number of nitrogens with two attached hydrogens (primary N) is 2. The van der Waals surface area contributed by atoms with E-state index in [1.165, 1.54) is 11.8 Å². The summed E-state index contributed by atoms with van der Waals surface area (Å²) in [4.78, 5) is 60.8. The van der Waals surface area contributed by atoms with Crippen LogP contribution in [0.5, 0.6) is 0 Å². The minimum atomic E-state index is -1.29. The van der Waals surface area contributed by atoms with Crippen LogP contribution < -0.4 is 22.1 Å². The molecule has 0 aromatic rings. The third-order valence-electron chi connectivity index (χ3n) is 4.61. The molecule has 11 nitrogen and oxygen atoms in total. The lowest BCUT2D eigenvalue weighted by molar-refractivity contribution is -0.149. The molecule has 0 aromatic heterocycles. The molecule has 0 bridgehead atoms. The van der Waals surface area contributed by atoms with Gasteiger partial charge in [0.05, 0.1) is 12.5 Å². The first-order chi connectivity index (χ1) is 13.0. The standard InChI is InChI=1S/C17H29N5O6/c1-8(2)13(19)15(25)21-10(7-12(18)23)14(24)20-9(3)16(26)22-6-4-5-11(22)17(27)28/h8-11,13H,4-7,19H2,1-3H3,(H2,18,23)(H,20,24)(H,21,25)(H,27,28). The fraction of sp³-hybridized carbons (Fsp3) is 0.706. The Balaban J connectivity index is 2.80. The first-order valence-electron chi connectivity index (χ1n) is 9.13. The zero-order valence-electron chi connectivity index (χ0n) is 16.3. The van der Waals surface area contributed by atoms with Gasteiger partial charge in [0.15, 0.2) is 0 Å². The lowest BCUT2D eigenvalue weighted by atomic mass is 10.0. The van der Waals surface area contributed by atoms with Gasteiger partial charge >= 0.3 is 5.97 Å². The van der Waals surface area contributed by atoms with Crippen molar-refractivity contribution in [2.45, 2.75) is 64.2 Å². The first-order valence-corrected chi connectivity index (χ1v) is 9.13. The maximum Gasteiger partial charge on any atom is 0.326 e. The van der Waals surface area contributed by atoms with Gasteiger partial charge in [-0.3, -0.25) is 19.2 Å². The summed E-state index contributed by atoms with van der Waals surface area (Å²) < 4.78 is 0. The summed E-state index contributed by atoms with van der Waals surface area (Å²) in [5.41, 5.74) is 10.9. The average molecular weight is 399 g/mol. The van der Waals surface area contributed by atoms with Crippen molar-refractivity contribution in [3.8, 4) is 0 Å². The van der Waals surface area contributed by atoms with Crippen LogP contribution in [-0.4, -0.2) is 70.3 Å². The van der Waals surface area contributed by atoms with Gasteiger partial charge in [-0.2, -0.15) is 0 Å². The number of hydrogen-bond donors (Lipinski definition) is 5. The van der Waals surface area contributed by atoms with Gasteiger partial charge in [-0.15, -0.1) is 0 Å². The largest absolute Gasteiger partial charge is 0.480 e. The molecule has 1 aliphatic rings. The Morgan fingerprint density at radius 3 is 2.21 bits per heavy atom. The molecule has 0 saturated carbocycles. The predicted octanol–water partition coefficient (Wildman–Crippen LogP) is -2.09. The number of likely N-dealkylation sites (tertiary alicyclic amines) is 1. The van der Waals surface area contributed by atoms with Crippen LogP contribution in [0.15, 0.2) is 0 Å². The molecule has 7 N–H and O–H groups in total. The van der Waals surface area contributed by atoms with Crippen LogP contribution in [0.3, 0.4) is 0 Å². The third-order valence-corrected chi connectivity index (χ3v) is 4.61. The number of hydrogen-bond acceptors (Lipinski definition) is 6. The van der Waals surface area contributed by atoms with Crippen LogP contribution in [0.25, 0.3) is 0 Å². The second-order valence-corrected chi connectivity index (χ2v) is 7.26. The SMILES string of the molecule is CC(NC(=O)C(CC(N)=O)NC(=O)C(N)C(C)C)C(=O)N1CCCC1C(=O)O. The monoisotopic (exact) mass is 399 g/mol. The molecule has 4 amide bonds. The van der Waals surface area contributed by atoms with Gasteiger partial charge in [0.1, 0.15) is 18.1 Å². The third kappa shape index (κ3) is 6.19. The van der Waals surface area contributed by atoms with Gasteiger partial charge in [0.2, 0.25) is 23.6 Å². The normalized spacial score (nSPS) is 19.6. The van der Waals surface area contributed by atoms with Crippen molar-refractivity contribution in [2.75, 3.05) is 6.54 Å². The summed E-state index contributed by atoms with van der Waals surface area (Å²) in [6.07, 6.45) is 0.427. The molecule has 1 heterocycles. The predicted molar refractivity (Wildman–Crippen MR) is 98.5 cm³/mol. The molecule has 0 aromatic carbocycles. The van der Waals surface area contributed by atoms with Crippen molar-refractivity contribution in [1.82, 2.24) is 15.5 Å². The van der Waals surface area contributed by atoms with Gasteiger partial charge < -0.3 is 32.1 Å². The van der Waals surface area contributed by atoms with Crippen molar-refractivity contribution < 1.29 is 29.1 Å². The summed E-state index contributed by atoms with van der Waals surface area (Å²) in [7, 11) is 0. The van der Waals surface area contributed by atoms with E-state index in [1.54, 1.807) is 13.8 Å². The maximum atomic E-state index is 12.5. The molecule has 1 aliphatic heterocycles. The highest BCUT2D eigenvalue weighted by molar-refractivity contribution is 5.96. The summed E-state index contributed by atoms with van der Waals surface area (Å²) in [5.74, 6) is -4.08. The fourth-order valence-electron chi connectivity index (χ4n) is 2.89. The number of carbonyl (C=O) groups is 5. The van der Waals surface area contributed by atoms with E-state index in [0.717, 1.165) is 0 Å². The molecule has 4 unspecified atom stereocenters. The number of amides is 4. The molecule has 0 radical (unpaired) electrons.